The fraction of sp³-hybridized carbons (Fsp3) is 0.867. The predicted molar refractivity (Wildman–Crippen MR) is 74.2 cm³/mol. The molecule has 0 radical (unpaired) electrons. The summed E-state index contributed by atoms with van der Waals surface area (Å²) < 4.78 is 5.56. The molecule has 3 atom stereocenters. The van der Waals surface area contributed by atoms with Crippen molar-refractivity contribution < 1.29 is 19.4 Å². The van der Waals surface area contributed by atoms with E-state index in [4.69, 9.17) is 4.74 Å². The number of piperidine rings is 1. The number of rotatable bonds is 7. The van der Waals surface area contributed by atoms with E-state index in [0.717, 1.165) is 18.9 Å². The molecule has 2 rings (SSSR count). The first-order chi connectivity index (χ1) is 9.50. The maximum atomic E-state index is 12.1. The third-order valence-electron chi connectivity index (χ3n) is 4.46. The van der Waals surface area contributed by atoms with Gasteiger partial charge in [-0.3, -0.25) is 9.59 Å². The van der Waals surface area contributed by atoms with Gasteiger partial charge < -0.3 is 14.7 Å². The molecule has 0 spiro atoms. The van der Waals surface area contributed by atoms with E-state index >= 15 is 0 Å². The molecule has 0 aromatic rings. The number of aliphatic carboxylic acids is 1. The van der Waals surface area contributed by atoms with Gasteiger partial charge in [0.1, 0.15) is 0 Å². The van der Waals surface area contributed by atoms with Crippen molar-refractivity contribution in [3.05, 3.63) is 0 Å². The second kappa shape index (κ2) is 6.57. The van der Waals surface area contributed by atoms with E-state index in [9.17, 15) is 14.7 Å². The number of likely N-dealkylation sites (tertiary alicyclic amines) is 1. The highest BCUT2D eigenvalue weighted by Gasteiger charge is 2.41. The smallest absolute Gasteiger partial charge is 0.308 e. The highest BCUT2D eigenvalue weighted by Crippen LogP contribution is 2.30. The van der Waals surface area contributed by atoms with E-state index in [0.29, 0.717) is 19.6 Å². The van der Waals surface area contributed by atoms with Crippen LogP contribution in [0.15, 0.2) is 0 Å². The van der Waals surface area contributed by atoms with Crippen molar-refractivity contribution in [2.24, 2.45) is 17.8 Å². The molecule has 1 N–H and O–H groups in total. The van der Waals surface area contributed by atoms with Crippen LogP contribution < -0.4 is 0 Å². The fourth-order valence-corrected chi connectivity index (χ4v) is 3.07. The molecule has 0 aromatic heterocycles. The van der Waals surface area contributed by atoms with Crippen LogP contribution in [0.2, 0.25) is 0 Å². The molecule has 1 heterocycles. The summed E-state index contributed by atoms with van der Waals surface area (Å²) in [5.41, 5.74) is 0. The summed E-state index contributed by atoms with van der Waals surface area (Å²) in [6, 6.07) is -0.229. The first kappa shape index (κ1) is 15.3. The monoisotopic (exact) mass is 283 g/mol. The summed E-state index contributed by atoms with van der Waals surface area (Å²) >= 11 is 0. The highest BCUT2D eigenvalue weighted by molar-refractivity contribution is 5.81. The molecule has 5 nitrogen and oxygen atoms in total. The van der Waals surface area contributed by atoms with Gasteiger partial charge in [-0.2, -0.15) is 0 Å². The maximum Gasteiger partial charge on any atom is 0.308 e. The first-order valence-corrected chi connectivity index (χ1v) is 7.60. The maximum absolute atomic E-state index is 12.1. The summed E-state index contributed by atoms with van der Waals surface area (Å²) in [7, 11) is 0. The molecule has 5 heteroatoms. The summed E-state index contributed by atoms with van der Waals surface area (Å²) in [6.45, 7) is 5.78. The quantitative estimate of drug-likeness (QED) is 0.723. The lowest BCUT2D eigenvalue weighted by molar-refractivity contribution is -0.154. The molecule has 1 saturated carbocycles. The van der Waals surface area contributed by atoms with Gasteiger partial charge in [-0.15, -0.1) is 0 Å². The van der Waals surface area contributed by atoms with Crippen molar-refractivity contribution in [1.82, 2.24) is 4.90 Å². The van der Waals surface area contributed by atoms with Gasteiger partial charge in [-0.05, 0) is 38.0 Å². The molecule has 114 valence electrons. The van der Waals surface area contributed by atoms with Gasteiger partial charge in [0.25, 0.3) is 0 Å². The van der Waals surface area contributed by atoms with Crippen molar-refractivity contribution in [1.29, 1.82) is 0 Å². The Hall–Kier alpha value is -1.10. The van der Waals surface area contributed by atoms with Crippen LogP contribution in [0.4, 0.5) is 0 Å². The van der Waals surface area contributed by atoms with E-state index in [1.165, 1.54) is 12.8 Å². The molecule has 0 bridgehead atoms. The van der Waals surface area contributed by atoms with Gasteiger partial charge in [0, 0.05) is 32.2 Å². The van der Waals surface area contributed by atoms with Gasteiger partial charge in [-0.1, -0.05) is 6.92 Å². The van der Waals surface area contributed by atoms with Crippen molar-refractivity contribution >= 4 is 11.9 Å². The predicted octanol–water partition coefficient (Wildman–Crippen LogP) is 1.76. The molecule has 20 heavy (non-hydrogen) atoms. The second-order valence-corrected chi connectivity index (χ2v) is 6.25. The zero-order valence-corrected chi connectivity index (χ0v) is 12.4. The fourth-order valence-electron chi connectivity index (χ4n) is 3.07. The SMILES string of the molecule is CC1CC(=O)N(CCCOCC2CC2)C(C)C1C(=O)O. The van der Waals surface area contributed by atoms with Crippen LogP contribution in [0, 0.1) is 17.8 Å². The van der Waals surface area contributed by atoms with Crippen LogP contribution >= 0.6 is 0 Å². The van der Waals surface area contributed by atoms with Gasteiger partial charge in [-0.25, -0.2) is 0 Å². The molecule has 2 fully saturated rings. The molecule has 0 aromatic carbocycles. The van der Waals surface area contributed by atoms with Crippen LogP contribution in [-0.2, 0) is 14.3 Å². The van der Waals surface area contributed by atoms with Crippen LogP contribution in [-0.4, -0.2) is 47.7 Å². The lowest BCUT2D eigenvalue weighted by atomic mass is 9.81. The highest BCUT2D eigenvalue weighted by atomic mass is 16.5. The largest absolute Gasteiger partial charge is 0.481 e. The van der Waals surface area contributed by atoms with Crippen LogP contribution in [0.1, 0.15) is 39.5 Å². The number of nitrogens with zero attached hydrogens (tertiary/aromatic N) is 1. The van der Waals surface area contributed by atoms with Gasteiger partial charge in [0.05, 0.1) is 5.92 Å². The number of hydrogen-bond donors (Lipinski definition) is 1. The number of amides is 1. The minimum absolute atomic E-state index is 0.0738. The number of carboxylic acids is 1. The molecule has 1 aliphatic heterocycles. The normalized spacial score (nSPS) is 30.6. The lowest BCUT2D eigenvalue weighted by Gasteiger charge is -2.40. The summed E-state index contributed by atoms with van der Waals surface area (Å²) in [5, 5.41) is 9.30. The van der Waals surface area contributed by atoms with E-state index in [1.54, 1.807) is 4.90 Å². The minimum Gasteiger partial charge on any atom is -0.481 e. The molecular weight excluding hydrogens is 258 g/mol. The van der Waals surface area contributed by atoms with Crippen LogP contribution in [0.3, 0.4) is 0 Å². The number of carboxylic acid groups (broad SMARTS) is 1. The van der Waals surface area contributed by atoms with E-state index in [-0.39, 0.29) is 17.9 Å². The van der Waals surface area contributed by atoms with E-state index in [1.807, 2.05) is 13.8 Å². The molecule has 1 amide bonds. The van der Waals surface area contributed by atoms with Crippen molar-refractivity contribution in [3.63, 3.8) is 0 Å². The molecular formula is C15H25NO4. The number of hydrogen-bond acceptors (Lipinski definition) is 3. The summed E-state index contributed by atoms with van der Waals surface area (Å²) in [5.74, 6) is -0.516. The Morgan fingerprint density at radius 1 is 1.40 bits per heavy atom. The third-order valence-corrected chi connectivity index (χ3v) is 4.46. The lowest BCUT2D eigenvalue weighted by Crippen LogP contribution is -2.53. The Morgan fingerprint density at radius 3 is 2.70 bits per heavy atom. The minimum atomic E-state index is -0.799. The average molecular weight is 283 g/mol. The molecule has 1 saturated heterocycles. The molecule has 2 aliphatic rings. The van der Waals surface area contributed by atoms with Crippen molar-refractivity contribution in [2.45, 2.75) is 45.6 Å². The number of carbonyl (C=O) groups is 2. The van der Waals surface area contributed by atoms with Crippen molar-refractivity contribution in [3.8, 4) is 0 Å². The summed E-state index contributed by atoms with van der Waals surface area (Å²) in [4.78, 5) is 25.1. The van der Waals surface area contributed by atoms with E-state index < -0.39 is 11.9 Å². The van der Waals surface area contributed by atoms with Gasteiger partial charge in [0.15, 0.2) is 0 Å². The van der Waals surface area contributed by atoms with Crippen molar-refractivity contribution in [2.75, 3.05) is 19.8 Å². The second-order valence-electron chi connectivity index (χ2n) is 6.25. The zero-order valence-electron chi connectivity index (χ0n) is 12.4. The third kappa shape index (κ3) is 3.72. The van der Waals surface area contributed by atoms with Crippen LogP contribution in [0.5, 0.6) is 0 Å². The Labute approximate surface area is 120 Å². The van der Waals surface area contributed by atoms with Gasteiger partial charge in [0.2, 0.25) is 5.91 Å². The van der Waals surface area contributed by atoms with E-state index in [2.05, 4.69) is 0 Å². The first-order valence-electron chi connectivity index (χ1n) is 7.60. The Morgan fingerprint density at radius 2 is 2.10 bits per heavy atom. The molecule has 3 unspecified atom stereocenters. The summed E-state index contributed by atoms with van der Waals surface area (Å²) in [6.07, 6.45) is 3.67. The average Bonchev–Trinajstić information content (AvgIpc) is 3.15. The number of carbonyl (C=O) groups excluding carboxylic acids is 1. The standard InChI is InChI=1S/C15H25NO4/c1-10-8-13(17)16(11(2)14(10)15(18)19)6-3-7-20-9-12-4-5-12/h10-12,14H,3-9H2,1-2H3,(H,18,19). The van der Waals surface area contributed by atoms with Crippen LogP contribution in [0.25, 0.3) is 0 Å². The Balaban J connectivity index is 1.78. The Kier molecular flexibility index (Phi) is 5.02. The zero-order chi connectivity index (χ0) is 14.7. The number of ether oxygens (including phenoxy) is 1. The topological polar surface area (TPSA) is 66.8 Å². The molecule has 1 aliphatic carbocycles. The van der Waals surface area contributed by atoms with Gasteiger partial charge >= 0.3 is 5.97 Å². The Bertz CT molecular complexity index is 367.